The third-order valence-corrected chi connectivity index (χ3v) is 6.36. The minimum absolute atomic E-state index is 0.249. The topological polar surface area (TPSA) is 89.9 Å². The Morgan fingerprint density at radius 3 is 2.47 bits per heavy atom. The maximum Gasteiger partial charge on any atom is 0.240 e. The maximum absolute atomic E-state index is 12.4. The first-order valence-corrected chi connectivity index (χ1v) is 11.7. The number of nitrogens with zero attached hydrogens (tertiary/aromatic N) is 4. The van der Waals surface area contributed by atoms with Crippen LogP contribution in [-0.2, 0) is 10.0 Å². The van der Waals surface area contributed by atoms with Crippen molar-refractivity contribution in [1.29, 1.82) is 0 Å². The Kier molecular flexibility index (Phi) is 7.64. The van der Waals surface area contributed by atoms with Gasteiger partial charge in [-0.05, 0) is 38.1 Å². The van der Waals surface area contributed by atoms with Crippen molar-refractivity contribution >= 4 is 21.8 Å². The molecule has 2 heterocycles. The number of nitrogens with one attached hydrogen (secondary N) is 2. The van der Waals surface area contributed by atoms with Crippen LogP contribution < -0.4 is 14.9 Å². The lowest BCUT2D eigenvalue weighted by molar-refractivity contribution is 0.371. The summed E-state index contributed by atoms with van der Waals surface area (Å²) in [4.78, 5) is 13.8. The van der Waals surface area contributed by atoms with Gasteiger partial charge in [-0.1, -0.05) is 23.8 Å². The highest BCUT2D eigenvalue weighted by molar-refractivity contribution is 7.89. The Hall–Kier alpha value is -2.65. The van der Waals surface area contributed by atoms with Gasteiger partial charge in [0.1, 0.15) is 5.82 Å². The highest BCUT2D eigenvalue weighted by Gasteiger charge is 2.20. The molecule has 0 aliphatic carbocycles. The Bertz CT molecular complexity index is 924. The fourth-order valence-corrected chi connectivity index (χ4v) is 4.28. The molecule has 162 valence electrons. The Labute approximate surface area is 179 Å². The summed E-state index contributed by atoms with van der Waals surface area (Å²) in [6.45, 7) is 8.72. The van der Waals surface area contributed by atoms with Crippen molar-refractivity contribution in [3.8, 4) is 0 Å². The van der Waals surface area contributed by atoms with E-state index in [0.29, 0.717) is 6.54 Å². The first-order chi connectivity index (χ1) is 14.5. The Morgan fingerprint density at radius 2 is 1.83 bits per heavy atom. The highest BCUT2D eigenvalue weighted by atomic mass is 32.2. The standard InChI is InChI=1S/C21H30N6O2S/c1-3-22-21(27-16-14-26(15-17-27)20-6-4-5-11-23-20)24-12-13-25-30(28,29)19-9-7-18(2)8-10-19/h4-11,25H,3,12-17H2,1-2H3,(H,22,24). The van der Waals surface area contributed by atoms with Crippen LogP contribution in [0.2, 0.25) is 0 Å². The number of benzene rings is 1. The van der Waals surface area contributed by atoms with Crippen LogP contribution in [-0.4, -0.2) is 70.1 Å². The van der Waals surface area contributed by atoms with Crippen LogP contribution in [0.3, 0.4) is 0 Å². The largest absolute Gasteiger partial charge is 0.357 e. The molecular weight excluding hydrogens is 400 g/mol. The summed E-state index contributed by atoms with van der Waals surface area (Å²) in [6, 6.07) is 12.8. The van der Waals surface area contributed by atoms with Gasteiger partial charge < -0.3 is 15.1 Å². The van der Waals surface area contributed by atoms with Crippen LogP contribution in [0.1, 0.15) is 12.5 Å². The SMILES string of the molecule is CCNC(=NCCNS(=O)(=O)c1ccc(C)cc1)N1CCN(c2ccccn2)CC1. The molecule has 0 spiro atoms. The molecule has 0 saturated carbocycles. The molecule has 2 aromatic rings. The van der Waals surface area contributed by atoms with Gasteiger partial charge in [-0.15, -0.1) is 0 Å². The zero-order chi connectivity index (χ0) is 21.4. The van der Waals surface area contributed by atoms with Gasteiger partial charge in [-0.3, -0.25) is 4.99 Å². The molecule has 0 atom stereocenters. The van der Waals surface area contributed by atoms with Gasteiger partial charge in [0.15, 0.2) is 5.96 Å². The summed E-state index contributed by atoms with van der Waals surface area (Å²) in [5.74, 6) is 1.80. The van der Waals surface area contributed by atoms with E-state index in [1.807, 2.05) is 38.2 Å². The predicted octanol–water partition coefficient (Wildman–Crippen LogP) is 1.46. The van der Waals surface area contributed by atoms with Crippen molar-refractivity contribution < 1.29 is 8.42 Å². The number of pyridine rings is 1. The molecule has 1 fully saturated rings. The fraction of sp³-hybridized carbons (Fsp3) is 0.429. The first-order valence-electron chi connectivity index (χ1n) is 10.2. The molecule has 1 aliphatic heterocycles. The van der Waals surface area contributed by atoms with Crippen LogP contribution >= 0.6 is 0 Å². The van der Waals surface area contributed by atoms with Gasteiger partial charge in [0.25, 0.3) is 0 Å². The molecule has 0 radical (unpaired) electrons. The summed E-state index contributed by atoms with van der Waals surface area (Å²) in [7, 11) is -3.52. The van der Waals surface area contributed by atoms with E-state index < -0.39 is 10.0 Å². The summed E-state index contributed by atoms with van der Waals surface area (Å²) in [5, 5.41) is 3.31. The molecule has 8 nitrogen and oxygen atoms in total. The maximum atomic E-state index is 12.4. The van der Waals surface area contributed by atoms with Gasteiger partial charge in [0, 0.05) is 45.5 Å². The molecule has 1 aliphatic rings. The number of sulfonamides is 1. The molecular formula is C21H30N6O2S. The smallest absolute Gasteiger partial charge is 0.240 e. The lowest BCUT2D eigenvalue weighted by Gasteiger charge is -2.37. The van der Waals surface area contributed by atoms with Crippen molar-refractivity contribution in [3.63, 3.8) is 0 Å². The molecule has 1 saturated heterocycles. The van der Waals surface area contributed by atoms with Gasteiger partial charge in [-0.25, -0.2) is 18.1 Å². The van der Waals surface area contributed by atoms with Crippen LogP contribution in [0.15, 0.2) is 58.5 Å². The van der Waals surface area contributed by atoms with Crippen molar-refractivity contribution in [2.24, 2.45) is 4.99 Å². The normalized spacial score (nSPS) is 15.3. The molecule has 1 aromatic carbocycles. The summed E-state index contributed by atoms with van der Waals surface area (Å²) < 4.78 is 27.4. The molecule has 30 heavy (non-hydrogen) atoms. The average molecular weight is 431 g/mol. The van der Waals surface area contributed by atoms with E-state index in [1.54, 1.807) is 24.3 Å². The van der Waals surface area contributed by atoms with Crippen LogP contribution in [0.5, 0.6) is 0 Å². The van der Waals surface area contributed by atoms with Gasteiger partial charge in [0.2, 0.25) is 10.0 Å². The van der Waals surface area contributed by atoms with Gasteiger partial charge >= 0.3 is 0 Å². The number of aliphatic imine (C=N–C) groups is 1. The molecule has 0 unspecified atom stereocenters. The van der Waals surface area contributed by atoms with E-state index in [9.17, 15) is 8.42 Å². The number of rotatable bonds is 7. The highest BCUT2D eigenvalue weighted by Crippen LogP contribution is 2.13. The Balaban J connectivity index is 1.53. The molecule has 1 aromatic heterocycles. The number of hydrogen-bond acceptors (Lipinski definition) is 5. The van der Waals surface area contributed by atoms with E-state index in [4.69, 9.17) is 0 Å². The fourth-order valence-electron chi connectivity index (χ4n) is 3.26. The third kappa shape index (κ3) is 5.93. The van der Waals surface area contributed by atoms with Crippen molar-refractivity contribution in [3.05, 3.63) is 54.2 Å². The van der Waals surface area contributed by atoms with Crippen LogP contribution in [0, 0.1) is 6.92 Å². The van der Waals surface area contributed by atoms with E-state index in [0.717, 1.165) is 50.1 Å². The number of guanidine groups is 1. The van der Waals surface area contributed by atoms with Crippen molar-refractivity contribution in [2.75, 3.05) is 50.7 Å². The van der Waals surface area contributed by atoms with E-state index in [2.05, 4.69) is 29.8 Å². The summed E-state index contributed by atoms with van der Waals surface area (Å²) >= 11 is 0. The lowest BCUT2D eigenvalue weighted by Crippen LogP contribution is -2.52. The number of hydrogen-bond donors (Lipinski definition) is 2. The second-order valence-corrected chi connectivity index (χ2v) is 8.88. The summed E-state index contributed by atoms with van der Waals surface area (Å²) in [5.41, 5.74) is 1.02. The first kappa shape index (κ1) is 22.0. The van der Waals surface area contributed by atoms with Crippen molar-refractivity contribution in [1.82, 2.24) is 19.9 Å². The predicted molar refractivity (Wildman–Crippen MR) is 120 cm³/mol. The van der Waals surface area contributed by atoms with Crippen LogP contribution in [0.4, 0.5) is 5.82 Å². The lowest BCUT2D eigenvalue weighted by atomic mass is 10.2. The zero-order valence-corrected chi connectivity index (χ0v) is 18.4. The third-order valence-electron chi connectivity index (χ3n) is 4.88. The minimum atomic E-state index is -3.52. The Morgan fingerprint density at radius 1 is 1.10 bits per heavy atom. The molecule has 0 bridgehead atoms. The number of aromatic nitrogens is 1. The minimum Gasteiger partial charge on any atom is -0.357 e. The average Bonchev–Trinajstić information content (AvgIpc) is 2.77. The summed E-state index contributed by atoms with van der Waals surface area (Å²) in [6.07, 6.45) is 1.81. The van der Waals surface area contributed by atoms with E-state index in [1.165, 1.54) is 0 Å². The number of anilines is 1. The monoisotopic (exact) mass is 430 g/mol. The zero-order valence-electron chi connectivity index (χ0n) is 17.6. The quantitative estimate of drug-likeness (QED) is 0.393. The second kappa shape index (κ2) is 10.4. The van der Waals surface area contributed by atoms with Gasteiger partial charge in [-0.2, -0.15) is 0 Å². The van der Waals surface area contributed by atoms with E-state index >= 15 is 0 Å². The molecule has 9 heteroatoms. The molecule has 2 N–H and O–H groups in total. The van der Waals surface area contributed by atoms with E-state index in [-0.39, 0.29) is 11.4 Å². The van der Waals surface area contributed by atoms with Gasteiger partial charge in [0.05, 0.1) is 11.4 Å². The number of aryl methyl sites for hydroxylation is 1. The van der Waals surface area contributed by atoms with Crippen LogP contribution in [0.25, 0.3) is 0 Å². The second-order valence-electron chi connectivity index (χ2n) is 7.11. The number of piperazine rings is 1. The molecule has 3 rings (SSSR count). The molecule has 0 amide bonds. The van der Waals surface area contributed by atoms with Crippen molar-refractivity contribution in [2.45, 2.75) is 18.7 Å².